The molecule has 1 fully saturated rings. The molecule has 0 bridgehead atoms. The van der Waals surface area contributed by atoms with Crippen molar-refractivity contribution in [3.05, 3.63) is 48.4 Å². The van der Waals surface area contributed by atoms with Gasteiger partial charge in [-0.15, -0.1) is 11.3 Å². The Hall–Kier alpha value is -3.00. The molecule has 2 amide bonds. The Kier molecular flexibility index (Phi) is 4.97. The van der Waals surface area contributed by atoms with Gasteiger partial charge in [-0.3, -0.25) is 4.98 Å². The Morgan fingerprint density at radius 3 is 2.81 bits per heavy atom. The van der Waals surface area contributed by atoms with E-state index >= 15 is 0 Å². The third kappa shape index (κ3) is 3.90. The lowest BCUT2D eigenvalue weighted by atomic mass is 10.2. The molecule has 0 unspecified atom stereocenters. The molecule has 0 radical (unpaired) electrons. The molecular formula is C19H20N6OS. The fourth-order valence-electron chi connectivity index (χ4n) is 2.94. The molecule has 0 atom stereocenters. The Labute approximate surface area is 161 Å². The molecule has 138 valence electrons. The molecule has 1 saturated heterocycles. The lowest BCUT2D eigenvalue weighted by molar-refractivity contribution is 0.219. The number of amides is 2. The number of nitrogens with one attached hydrogen (secondary N) is 2. The summed E-state index contributed by atoms with van der Waals surface area (Å²) in [6.45, 7) is 4.71. The van der Waals surface area contributed by atoms with Gasteiger partial charge in [0.1, 0.15) is 0 Å². The monoisotopic (exact) mass is 380 g/mol. The van der Waals surface area contributed by atoms with Crippen LogP contribution in [0, 0.1) is 6.92 Å². The van der Waals surface area contributed by atoms with Crippen molar-refractivity contribution in [2.75, 3.05) is 31.5 Å². The zero-order valence-electron chi connectivity index (χ0n) is 15.0. The number of hydrogen-bond donors (Lipinski definition) is 2. The maximum absolute atomic E-state index is 11.6. The van der Waals surface area contributed by atoms with Crippen LogP contribution in [0.4, 0.5) is 10.7 Å². The lowest BCUT2D eigenvalue weighted by Crippen LogP contribution is -2.32. The largest absolute Gasteiger partial charge is 0.352 e. The van der Waals surface area contributed by atoms with Crippen molar-refractivity contribution in [1.82, 2.24) is 25.2 Å². The summed E-state index contributed by atoms with van der Waals surface area (Å²) in [5.74, 6) is 0.578. The van der Waals surface area contributed by atoms with Crippen LogP contribution >= 0.6 is 11.3 Å². The van der Waals surface area contributed by atoms with E-state index < -0.39 is 0 Å². The van der Waals surface area contributed by atoms with Crippen molar-refractivity contribution >= 4 is 23.3 Å². The highest BCUT2D eigenvalue weighted by Gasteiger charge is 2.18. The highest BCUT2D eigenvalue weighted by atomic mass is 32.1. The number of rotatable bonds is 6. The van der Waals surface area contributed by atoms with Gasteiger partial charge in [-0.1, -0.05) is 0 Å². The van der Waals surface area contributed by atoms with E-state index in [0.29, 0.717) is 25.6 Å². The van der Waals surface area contributed by atoms with Crippen LogP contribution in [0.3, 0.4) is 0 Å². The first-order valence-corrected chi connectivity index (χ1v) is 9.63. The average molecular weight is 380 g/mol. The molecule has 1 aliphatic heterocycles. The van der Waals surface area contributed by atoms with E-state index in [1.54, 1.807) is 28.6 Å². The van der Waals surface area contributed by atoms with E-state index in [1.165, 1.54) is 4.88 Å². The Bertz CT molecular complexity index is 942. The van der Waals surface area contributed by atoms with Crippen LogP contribution < -0.4 is 10.6 Å². The molecule has 8 heteroatoms. The Morgan fingerprint density at radius 2 is 2.04 bits per heavy atom. The van der Waals surface area contributed by atoms with Crippen molar-refractivity contribution in [3.8, 4) is 21.0 Å². The highest BCUT2D eigenvalue weighted by molar-refractivity contribution is 7.18. The summed E-state index contributed by atoms with van der Waals surface area (Å²) < 4.78 is 0. The molecule has 4 heterocycles. The minimum absolute atomic E-state index is 0.00968. The molecule has 1 aliphatic rings. The third-order valence-electron chi connectivity index (χ3n) is 4.39. The van der Waals surface area contributed by atoms with Gasteiger partial charge in [0, 0.05) is 49.6 Å². The first-order chi connectivity index (χ1) is 13.2. The van der Waals surface area contributed by atoms with Crippen molar-refractivity contribution in [2.24, 2.45) is 0 Å². The van der Waals surface area contributed by atoms with Gasteiger partial charge in [0.15, 0.2) is 0 Å². The number of thiophene rings is 1. The van der Waals surface area contributed by atoms with Gasteiger partial charge in [-0.05, 0) is 42.3 Å². The van der Waals surface area contributed by atoms with E-state index in [1.807, 2.05) is 25.3 Å². The first-order valence-electron chi connectivity index (χ1n) is 8.81. The normalized spacial score (nSPS) is 13.7. The van der Waals surface area contributed by atoms with Crippen LogP contribution in [0.2, 0.25) is 0 Å². The number of nitrogens with zero attached hydrogens (tertiary/aromatic N) is 4. The number of pyridine rings is 1. The van der Waals surface area contributed by atoms with E-state index in [-0.39, 0.29) is 6.03 Å². The summed E-state index contributed by atoms with van der Waals surface area (Å²) in [5.41, 5.74) is 3.11. The Balaban J connectivity index is 1.47. The molecule has 0 spiro atoms. The summed E-state index contributed by atoms with van der Waals surface area (Å²) in [6.07, 6.45) is 5.43. The van der Waals surface area contributed by atoms with Gasteiger partial charge in [-0.25, -0.2) is 14.8 Å². The minimum atomic E-state index is -0.00968. The van der Waals surface area contributed by atoms with Crippen molar-refractivity contribution < 1.29 is 4.79 Å². The number of anilines is 1. The maximum Gasteiger partial charge on any atom is 0.317 e. The van der Waals surface area contributed by atoms with Gasteiger partial charge >= 0.3 is 6.03 Å². The van der Waals surface area contributed by atoms with Crippen molar-refractivity contribution in [3.63, 3.8) is 0 Å². The van der Waals surface area contributed by atoms with Crippen LogP contribution in [0.25, 0.3) is 21.0 Å². The van der Waals surface area contributed by atoms with Crippen LogP contribution in [0.15, 0.2) is 42.9 Å². The number of carbonyl (C=O) groups excluding carboxylic acids is 1. The molecule has 27 heavy (non-hydrogen) atoms. The molecule has 2 N–H and O–H groups in total. The quantitative estimate of drug-likeness (QED) is 0.687. The molecular weight excluding hydrogens is 360 g/mol. The van der Waals surface area contributed by atoms with Crippen molar-refractivity contribution in [1.29, 1.82) is 0 Å². The predicted molar refractivity (Wildman–Crippen MR) is 107 cm³/mol. The molecule has 0 aromatic carbocycles. The fourth-order valence-corrected chi connectivity index (χ4v) is 4.01. The van der Waals surface area contributed by atoms with E-state index in [2.05, 4.69) is 37.7 Å². The van der Waals surface area contributed by atoms with Gasteiger partial charge in [0.05, 0.1) is 10.6 Å². The van der Waals surface area contributed by atoms with Gasteiger partial charge in [0.2, 0.25) is 5.95 Å². The van der Waals surface area contributed by atoms with Gasteiger partial charge < -0.3 is 15.5 Å². The molecule has 0 saturated carbocycles. The number of aromatic nitrogens is 3. The Morgan fingerprint density at radius 1 is 1.22 bits per heavy atom. The van der Waals surface area contributed by atoms with Crippen LogP contribution in [-0.2, 0) is 0 Å². The fraction of sp³-hybridized carbons (Fsp3) is 0.263. The molecule has 7 nitrogen and oxygen atoms in total. The number of carbonyl (C=O) groups is 1. The summed E-state index contributed by atoms with van der Waals surface area (Å²) >= 11 is 1.70. The lowest BCUT2D eigenvalue weighted by Gasteiger charge is -2.14. The highest BCUT2D eigenvalue weighted by Crippen LogP contribution is 2.34. The second-order valence-corrected chi connectivity index (χ2v) is 7.35. The van der Waals surface area contributed by atoms with Crippen LogP contribution in [-0.4, -0.2) is 52.1 Å². The summed E-state index contributed by atoms with van der Waals surface area (Å²) in [5, 5.41) is 6.02. The second-order valence-electron chi connectivity index (χ2n) is 6.27. The second kappa shape index (κ2) is 7.71. The van der Waals surface area contributed by atoms with Gasteiger partial charge in [-0.2, -0.15) is 0 Å². The molecule has 0 aliphatic carbocycles. The van der Waals surface area contributed by atoms with Crippen molar-refractivity contribution in [2.45, 2.75) is 6.92 Å². The standard InChI is InChI=1S/C19H20N6OS/c1-13-12-23-18(21-8-10-25-11-9-22-19(25)26)24-17(13)16-3-2-15(27-16)14-4-6-20-7-5-14/h2-7,12H,8-11H2,1H3,(H,22,26)(H,21,23,24). The van der Waals surface area contributed by atoms with E-state index in [0.717, 1.165) is 28.2 Å². The van der Waals surface area contributed by atoms with Crippen LogP contribution in [0.5, 0.6) is 0 Å². The number of hydrogen-bond acceptors (Lipinski definition) is 6. The van der Waals surface area contributed by atoms with Crippen LogP contribution in [0.1, 0.15) is 5.56 Å². The number of urea groups is 1. The van der Waals surface area contributed by atoms with E-state index in [4.69, 9.17) is 0 Å². The SMILES string of the molecule is Cc1cnc(NCCN2CCNC2=O)nc1-c1ccc(-c2ccncc2)s1. The first kappa shape index (κ1) is 17.4. The van der Waals surface area contributed by atoms with E-state index in [9.17, 15) is 4.79 Å². The smallest absolute Gasteiger partial charge is 0.317 e. The number of aryl methyl sites for hydroxylation is 1. The minimum Gasteiger partial charge on any atom is -0.352 e. The predicted octanol–water partition coefficient (Wildman–Crippen LogP) is 3.01. The summed E-state index contributed by atoms with van der Waals surface area (Å²) in [4.78, 5) is 28.8. The average Bonchev–Trinajstić information content (AvgIpc) is 3.33. The molecule has 3 aromatic rings. The molecule has 3 aromatic heterocycles. The van der Waals surface area contributed by atoms with Gasteiger partial charge in [0.25, 0.3) is 0 Å². The zero-order chi connectivity index (χ0) is 18.6. The maximum atomic E-state index is 11.6. The topological polar surface area (TPSA) is 83.0 Å². The summed E-state index contributed by atoms with van der Waals surface area (Å²) in [6, 6.07) is 8.20. The third-order valence-corrected chi connectivity index (χ3v) is 5.53. The zero-order valence-corrected chi connectivity index (χ0v) is 15.8. The summed E-state index contributed by atoms with van der Waals surface area (Å²) in [7, 11) is 0. The molecule has 4 rings (SSSR count).